The molecule has 0 aliphatic heterocycles. The number of hydrogen-bond acceptors (Lipinski definition) is 6. The molecule has 0 N–H and O–H groups in total. The number of hydrogen-bond donors (Lipinski definition) is 0. The van der Waals surface area contributed by atoms with Crippen molar-refractivity contribution in [3.63, 3.8) is 0 Å². The normalized spacial score (nSPS) is 11.6. The van der Waals surface area contributed by atoms with Crippen LogP contribution in [-0.4, -0.2) is 16.2 Å². The summed E-state index contributed by atoms with van der Waals surface area (Å²) >= 11 is 0. The van der Waals surface area contributed by atoms with Crippen LogP contribution in [0.2, 0.25) is 0 Å². The van der Waals surface area contributed by atoms with Gasteiger partial charge in [-0.3, -0.25) is 0 Å². The average Bonchev–Trinajstić information content (AvgIpc) is 3.26. The van der Waals surface area contributed by atoms with E-state index in [2.05, 4.69) is 10.2 Å². The molecule has 0 spiro atoms. The van der Waals surface area contributed by atoms with Gasteiger partial charge in [0.1, 0.15) is 11.5 Å². The molecule has 0 saturated heterocycles. The van der Waals surface area contributed by atoms with Gasteiger partial charge in [0.25, 0.3) is 5.89 Å². The molecule has 4 aromatic rings. The molecule has 1 atom stereocenters. The lowest BCUT2D eigenvalue weighted by molar-refractivity contribution is 0.0279. The number of carbonyl (C=O) groups excluding carboxylic acids is 1. The van der Waals surface area contributed by atoms with E-state index in [9.17, 15) is 4.79 Å². The molecular formula is C23H18N2O4. The van der Waals surface area contributed by atoms with E-state index in [1.165, 1.54) is 0 Å². The average molecular weight is 386 g/mol. The van der Waals surface area contributed by atoms with E-state index in [1.54, 1.807) is 31.2 Å². The van der Waals surface area contributed by atoms with Crippen LogP contribution < -0.4 is 4.74 Å². The summed E-state index contributed by atoms with van der Waals surface area (Å²) in [4.78, 5) is 12.5. The summed E-state index contributed by atoms with van der Waals surface area (Å²) in [7, 11) is 0. The summed E-state index contributed by atoms with van der Waals surface area (Å²) < 4.78 is 16.9. The number of para-hydroxylation sites is 1. The van der Waals surface area contributed by atoms with Crippen molar-refractivity contribution in [2.75, 3.05) is 0 Å². The van der Waals surface area contributed by atoms with Crippen molar-refractivity contribution >= 4 is 5.97 Å². The van der Waals surface area contributed by atoms with E-state index in [0.29, 0.717) is 23.0 Å². The Morgan fingerprint density at radius 2 is 1.55 bits per heavy atom. The van der Waals surface area contributed by atoms with Gasteiger partial charge in [-0.05, 0) is 49.4 Å². The zero-order valence-corrected chi connectivity index (χ0v) is 15.7. The number of carbonyl (C=O) groups is 1. The third-order valence-corrected chi connectivity index (χ3v) is 4.14. The maximum absolute atomic E-state index is 12.5. The molecular weight excluding hydrogens is 368 g/mol. The number of rotatable bonds is 6. The largest absolute Gasteiger partial charge is 0.457 e. The minimum absolute atomic E-state index is 0.230. The van der Waals surface area contributed by atoms with Gasteiger partial charge in [-0.25, -0.2) is 4.79 Å². The monoisotopic (exact) mass is 386 g/mol. The van der Waals surface area contributed by atoms with Gasteiger partial charge in [-0.2, -0.15) is 0 Å². The first-order chi connectivity index (χ1) is 14.2. The topological polar surface area (TPSA) is 74.5 Å². The molecule has 6 heteroatoms. The van der Waals surface area contributed by atoms with Crippen LogP contribution in [0.15, 0.2) is 89.3 Å². The zero-order chi connectivity index (χ0) is 20.1. The van der Waals surface area contributed by atoms with Gasteiger partial charge in [0.2, 0.25) is 5.89 Å². The summed E-state index contributed by atoms with van der Waals surface area (Å²) in [6.45, 7) is 1.69. The third kappa shape index (κ3) is 4.50. The highest BCUT2D eigenvalue weighted by Gasteiger charge is 2.20. The first-order valence-electron chi connectivity index (χ1n) is 9.12. The van der Waals surface area contributed by atoms with Gasteiger partial charge in [0.05, 0.1) is 5.56 Å². The molecule has 0 fully saturated rings. The second-order valence-electron chi connectivity index (χ2n) is 6.30. The maximum atomic E-state index is 12.5. The van der Waals surface area contributed by atoms with E-state index >= 15 is 0 Å². The summed E-state index contributed by atoms with van der Waals surface area (Å²) in [5, 5.41) is 8.01. The van der Waals surface area contributed by atoms with Gasteiger partial charge in [0.15, 0.2) is 6.10 Å². The fraction of sp³-hybridized carbons (Fsp3) is 0.0870. The van der Waals surface area contributed by atoms with Crippen molar-refractivity contribution < 1.29 is 18.7 Å². The molecule has 4 rings (SSSR count). The van der Waals surface area contributed by atoms with Crippen molar-refractivity contribution in [3.8, 4) is 23.0 Å². The maximum Gasteiger partial charge on any atom is 0.339 e. The van der Waals surface area contributed by atoms with E-state index < -0.39 is 12.1 Å². The smallest absolute Gasteiger partial charge is 0.339 e. The number of esters is 1. The van der Waals surface area contributed by atoms with Crippen molar-refractivity contribution in [1.82, 2.24) is 10.2 Å². The molecule has 6 nitrogen and oxygen atoms in total. The minimum atomic E-state index is -0.689. The fourth-order valence-corrected chi connectivity index (χ4v) is 2.69. The van der Waals surface area contributed by atoms with E-state index in [1.807, 2.05) is 60.7 Å². The van der Waals surface area contributed by atoms with Gasteiger partial charge in [0, 0.05) is 5.56 Å². The van der Waals surface area contributed by atoms with Gasteiger partial charge in [-0.1, -0.05) is 42.5 Å². The van der Waals surface area contributed by atoms with E-state index in [0.717, 1.165) is 5.56 Å². The quantitative estimate of drug-likeness (QED) is 0.410. The second kappa shape index (κ2) is 8.39. The SMILES string of the molecule is C[C@@H](OC(=O)c1cccc(Oc2ccccc2)c1)c1nnc(-c2ccccc2)o1. The van der Waals surface area contributed by atoms with Gasteiger partial charge < -0.3 is 13.9 Å². The highest BCUT2D eigenvalue weighted by atomic mass is 16.6. The standard InChI is InChI=1S/C23H18N2O4/c1-16(21-24-25-22(29-21)17-9-4-2-5-10-17)27-23(26)18-11-8-14-20(15-18)28-19-12-6-3-7-13-19/h2-16H,1H3/t16-/m1/s1. The van der Waals surface area contributed by atoms with Crippen LogP contribution >= 0.6 is 0 Å². The summed E-state index contributed by atoms with van der Waals surface area (Å²) in [5.41, 5.74) is 1.17. The Bertz CT molecular complexity index is 1090. The Kier molecular flexibility index (Phi) is 5.33. The molecule has 0 bridgehead atoms. The lowest BCUT2D eigenvalue weighted by Crippen LogP contribution is -2.09. The third-order valence-electron chi connectivity index (χ3n) is 4.14. The van der Waals surface area contributed by atoms with Crippen LogP contribution in [0.5, 0.6) is 11.5 Å². The van der Waals surface area contributed by atoms with Crippen molar-refractivity contribution in [1.29, 1.82) is 0 Å². The first kappa shape index (κ1) is 18.4. The van der Waals surface area contributed by atoms with Crippen LogP contribution in [0.3, 0.4) is 0 Å². The highest BCUT2D eigenvalue weighted by Crippen LogP contribution is 2.25. The Morgan fingerprint density at radius 3 is 2.31 bits per heavy atom. The lowest BCUT2D eigenvalue weighted by Gasteiger charge is -2.11. The highest BCUT2D eigenvalue weighted by molar-refractivity contribution is 5.90. The van der Waals surface area contributed by atoms with Crippen molar-refractivity contribution in [2.24, 2.45) is 0 Å². The first-order valence-corrected chi connectivity index (χ1v) is 9.12. The summed E-state index contributed by atoms with van der Waals surface area (Å²) in [6.07, 6.45) is -0.689. The van der Waals surface area contributed by atoms with Crippen LogP contribution in [0, 0.1) is 0 Å². The molecule has 1 heterocycles. The Morgan fingerprint density at radius 1 is 0.862 bits per heavy atom. The van der Waals surface area contributed by atoms with Crippen LogP contribution in [0.25, 0.3) is 11.5 Å². The van der Waals surface area contributed by atoms with Gasteiger partial charge in [-0.15, -0.1) is 10.2 Å². The molecule has 0 aliphatic carbocycles. The lowest BCUT2D eigenvalue weighted by atomic mass is 10.2. The summed E-state index contributed by atoms with van der Waals surface area (Å²) in [5.74, 6) is 1.33. The van der Waals surface area contributed by atoms with E-state index in [-0.39, 0.29) is 5.89 Å². The Hall–Kier alpha value is -3.93. The second-order valence-corrected chi connectivity index (χ2v) is 6.30. The Balaban J connectivity index is 1.44. The molecule has 3 aromatic carbocycles. The van der Waals surface area contributed by atoms with Gasteiger partial charge >= 0.3 is 5.97 Å². The molecule has 0 amide bonds. The van der Waals surface area contributed by atoms with Crippen LogP contribution in [0.1, 0.15) is 29.3 Å². The van der Waals surface area contributed by atoms with Crippen molar-refractivity contribution in [3.05, 3.63) is 96.4 Å². The van der Waals surface area contributed by atoms with Crippen molar-refractivity contribution in [2.45, 2.75) is 13.0 Å². The number of ether oxygens (including phenoxy) is 2. The predicted octanol–water partition coefficient (Wildman–Crippen LogP) is 5.45. The molecule has 0 unspecified atom stereocenters. The molecule has 0 aliphatic rings. The fourth-order valence-electron chi connectivity index (χ4n) is 2.69. The van der Waals surface area contributed by atoms with Crippen LogP contribution in [0.4, 0.5) is 0 Å². The predicted molar refractivity (Wildman–Crippen MR) is 107 cm³/mol. The Labute approximate surface area is 167 Å². The number of aromatic nitrogens is 2. The molecule has 0 saturated carbocycles. The zero-order valence-electron chi connectivity index (χ0n) is 15.7. The molecule has 29 heavy (non-hydrogen) atoms. The number of nitrogens with zero attached hydrogens (tertiary/aromatic N) is 2. The molecule has 1 aromatic heterocycles. The minimum Gasteiger partial charge on any atom is -0.457 e. The summed E-state index contributed by atoms with van der Waals surface area (Å²) in [6, 6.07) is 25.5. The van der Waals surface area contributed by atoms with Crippen LogP contribution in [-0.2, 0) is 4.74 Å². The molecule has 144 valence electrons. The number of benzene rings is 3. The molecule has 0 radical (unpaired) electrons. The van der Waals surface area contributed by atoms with E-state index in [4.69, 9.17) is 13.9 Å².